The van der Waals surface area contributed by atoms with Crippen LogP contribution in [0.15, 0.2) is 85.2 Å². The molecule has 2 heterocycles. The van der Waals surface area contributed by atoms with E-state index < -0.39 is 0 Å². The van der Waals surface area contributed by atoms with E-state index in [1.165, 1.54) is 0 Å². The van der Waals surface area contributed by atoms with E-state index in [2.05, 4.69) is 10.2 Å². The summed E-state index contributed by atoms with van der Waals surface area (Å²) in [5, 5.41) is 8.67. The van der Waals surface area contributed by atoms with E-state index in [0.717, 1.165) is 11.4 Å². The highest BCUT2D eigenvalue weighted by molar-refractivity contribution is 6.05. The first-order valence-corrected chi connectivity index (χ1v) is 10.7. The number of Topliss-reactive ketones (excluding diaryl/α,β-unsaturated/α-hetero) is 2. The number of nitrogens with zero attached hydrogens (tertiary/aromatic N) is 4. The molecule has 1 saturated carbocycles. The van der Waals surface area contributed by atoms with E-state index in [-0.39, 0.29) is 35.2 Å². The maximum Gasteiger partial charge on any atom is 0.167 e. The fraction of sp³-hybridized carbons (Fsp3) is 0.231. The Morgan fingerprint density at radius 1 is 0.625 bits per heavy atom. The number of hydrogen-bond acceptors (Lipinski definition) is 4. The highest BCUT2D eigenvalue weighted by Crippen LogP contribution is 2.59. The molecule has 4 aromatic rings. The van der Waals surface area contributed by atoms with Gasteiger partial charge in [-0.25, -0.2) is 0 Å². The van der Waals surface area contributed by atoms with Crippen molar-refractivity contribution in [2.45, 2.75) is 11.8 Å². The van der Waals surface area contributed by atoms with Crippen LogP contribution in [-0.4, -0.2) is 31.1 Å². The van der Waals surface area contributed by atoms with Gasteiger partial charge < -0.3 is 0 Å². The van der Waals surface area contributed by atoms with E-state index in [1.54, 1.807) is 21.8 Å². The topological polar surface area (TPSA) is 69.8 Å². The van der Waals surface area contributed by atoms with Crippen LogP contribution in [-0.2, 0) is 14.1 Å². The van der Waals surface area contributed by atoms with Crippen LogP contribution in [0.5, 0.6) is 0 Å². The van der Waals surface area contributed by atoms with Crippen LogP contribution >= 0.6 is 0 Å². The molecule has 1 aliphatic rings. The molecule has 32 heavy (non-hydrogen) atoms. The minimum atomic E-state index is -0.388. The number of aryl methyl sites for hydroxylation is 2. The first kappa shape index (κ1) is 20.1. The normalized spacial score (nSPS) is 22.3. The first-order chi connectivity index (χ1) is 15.6. The Morgan fingerprint density at radius 2 is 1.00 bits per heavy atom. The summed E-state index contributed by atoms with van der Waals surface area (Å²) in [6.07, 6.45) is 3.45. The van der Waals surface area contributed by atoms with Gasteiger partial charge in [0.05, 0.1) is 0 Å². The number of ketones is 2. The maximum atomic E-state index is 13.8. The van der Waals surface area contributed by atoms with Gasteiger partial charge in [0.2, 0.25) is 0 Å². The van der Waals surface area contributed by atoms with Gasteiger partial charge in [0, 0.05) is 72.7 Å². The van der Waals surface area contributed by atoms with Crippen LogP contribution in [0.1, 0.15) is 43.9 Å². The molecule has 0 spiro atoms. The van der Waals surface area contributed by atoms with Crippen LogP contribution < -0.4 is 0 Å². The molecule has 6 nitrogen and oxygen atoms in total. The lowest BCUT2D eigenvalue weighted by Gasteiger charge is -2.50. The minimum Gasteiger partial charge on any atom is -0.294 e. The van der Waals surface area contributed by atoms with E-state index in [0.29, 0.717) is 11.1 Å². The molecule has 0 radical (unpaired) electrons. The fourth-order valence-electron chi connectivity index (χ4n) is 5.15. The Labute approximate surface area is 186 Å². The molecular formula is C26H24N4O2. The van der Waals surface area contributed by atoms with Crippen molar-refractivity contribution in [3.8, 4) is 0 Å². The number of rotatable bonds is 6. The zero-order valence-electron chi connectivity index (χ0n) is 18.0. The molecule has 160 valence electrons. The molecule has 5 rings (SSSR count). The minimum absolute atomic E-state index is 0.0418. The molecule has 0 amide bonds. The fourth-order valence-corrected chi connectivity index (χ4v) is 5.15. The SMILES string of the molecule is Cn1nccc1C1C(C(=O)c2ccccc2)C(c2ccnn2C)C1C(=O)c1ccccc1. The average Bonchev–Trinajstić information content (AvgIpc) is 3.42. The molecule has 0 bridgehead atoms. The van der Waals surface area contributed by atoms with E-state index in [4.69, 9.17) is 0 Å². The van der Waals surface area contributed by atoms with Gasteiger partial charge in [-0.1, -0.05) is 60.7 Å². The molecule has 1 aliphatic carbocycles. The lowest BCUT2D eigenvalue weighted by Crippen LogP contribution is -2.52. The molecule has 0 N–H and O–H groups in total. The van der Waals surface area contributed by atoms with Crippen molar-refractivity contribution in [2.24, 2.45) is 25.9 Å². The molecule has 2 aromatic carbocycles. The Hall–Kier alpha value is -3.80. The summed E-state index contributed by atoms with van der Waals surface area (Å²) in [7, 11) is 3.72. The molecule has 0 saturated heterocycles. The van der Waals surface area contributed by atoms with Crippen molar-refractivity contribution >= 4 is 11.6 Å². The number of carbonyl (C=O) groups is 2. The van der Waals surface area contributed by atoms with Gasteiger partial charge in [0.1, 0.15) is 0 Å². The molecule has 0 atom stereocenters. The summed E-state index contributed by atoms with van der Waals surface area (Å²) < 4.78 is 3.56. The lowest BCUT2D eigenvalue weighted by atomic mass is 9.51. The van der Waals surface area contributed by atoms with Crippen molar-refractivity contribution in [3.63, 3.8) is 0 Å². The van der Waals surface area contributed by atoms with E-state index >= 15 is 0 Å². The largest absolute Gasteiger partial charge is 0.294 e. The van der Waals surface area contributed by atoms with E-state index in [1.807, 2.05) is 86.9 Å². The van der Waals surface area contributed by atoms with Gasteiger partial charge in [-0.2, -0.15) is 10.2 Å². The summed E-state index contributed by atoms with van der Waals surface area (Å²) in [4.78, 5) is 27.6. The standard InChI is InChI=1S/C26H24N4O2/c1-29-19(13-15-27-29)21-23(25(31)17-9-5-3-6-10-17)22(20-14-16-28-30(20)2)24(21)26(32)18-11-7-4-8-12-18/h3-16,21-24H,1-2H3. The average molecular weight is 425 g/mol. The third-order valence-corrected chi connectivity index (χ3v) is 6.67. The van der Waals surface area contributed by atoms with Crippen molar-refractivity contribution in [1.29, 1.82) is 0 Å². The monoisotopic (exact) mass is 424 g/mol. The maximum absolute atomic E-state index is 13.8. The molecule has 2 aromatic heterocycles. The van der Waals surface area contributed by atoms with Crippen molar-refractivity contribution in [2.75, 3.05) is 0 Å². The van der Waals surface area contributed by atoms with Crippen LogP contribution in [0.2, 0.25) is 0 Å². The zero-order valence-corrected chi connectivity index (χ0v) is 18.0. The number of aromatic nitrogens is 4. The third-order valence-electron chi connectivity index (χ3n) is 6.67. The van der Waals surface area contributed by atoms with E-state index in [9.17, 15) is 9.59 Å². The Morgan fingerprint density at radius 3 is 1.31 bits per heavy atom. The Balaban J connectivity index is 1.66. The van der Waals surface area contributed by atoms with Gasteiger partial charge in [0.25, 0.3) is 0 Å². The van der Waals surface area contributed by atoms with Crippen molar-refractivity contribution < 1.29 is 9.59 Å². The number of benzene rings is 2. The summed E-state index contributed by atoms with van der Waals surface area (Å²) in [6, 6.07) is 22.5. The Kier molecular flexibility index (Phi) is 5.05. The second kappa shape index (κ2) is 8.04. The highest BCUT2D eigenvalue weighted by Gasteiger charge is 2.59. The van der Waals surface area contributed by atoms with Crippen LogP contribution in [0.4, 0.5) is 0 Å². The number of hydrogen-bond donors (Lipinski definition) is 0. The van der Waals surface area contributed by atoms with Crippen LogP contribution in [0, 0.1) is 11.8 Å². The second-order valence-electron chi connectivity index (χ2n) is 8.32. The van der Waals surface area contributed by atoms with Crippen LogP contribution in [0.25, 0.3) is 0 Å². The summed E-state index contributed by atoms with van der Waals surface area (Å²) in [5.74, 6) is -1.24. The zero-order chi connectivity index (χ0) is 22.2. The molecule has 0 unspecified atom stereocenters. The Bertz CT molecular complexity index is 1150. The summed E-state index contributed by atoms with van der Waals surface area (Å²) in [5.41, 5.74) is 3.10. The summed E-state index contributed by atoms with van der Waals surface area (Å²) in [6.45, 7) is 0. The second-order valence-corrected chi connectivity index (χ2v) is 8.32. The van der Waals surface area contributed by atoms with Crippen molar-refractivity contribution in [1.82, 2.24) is 19.6 Å². The van der Waals surface area contributed by atoms with Crippen LogP contribution in [0.3, 0.4) is 0 Å². The summed E-state index contributed by atoms with van der Waals surface area (Å²) >= 11 is 0. The van der Waals surface area contributed by atoms with Gasteiger partial charge in [0.15, 0.2) is 11.6 Å². The van der Waals surface area contributed by atoms with Gasteiger partial charge in [-0.05, 0) is 12.1 Å². The third kappa shape index (κ3) is 3.19. The quantitative estimate of drug-likeness (QED) is 0.438. The van der Waals surface area contributed by atoms with Gasteiger partial charge >= 0.3 is 0 Å². The highest BCUT2D eigenvalue weighted by atomic mass is 16.1. The van der Waals surface area contributed by atoms with Gasteiger partial charge in [-0.15, -0.1) is 0 Å². The molecular weight excluding hydrogens is 400 g/mol. The first-order valence-electron chi connectivity index (χ1n) is 10.7. The molecule has 0 aliphatic heterocycles. The van der Waals surface area contributed by atoms with Gasteiger partial charge in [-0.3, -0.25) is 19.0 Å². The lowest BCUT2D eigenvalue weighted by molar-refractivity contribution is 0.0458. The molecule has 6 heteroatoms. The number of carbonyl (C=O) groups excluding carboxylic acids is 2. The predicted molar refractivity (Wildman–Crippen MR) is 120 cm³/mol. The predicted octanol–water partition coefficient (Wildman–Crippen LogP) is 4.03. The smallest absolute Gasteiger partial charge is 0.167 e. The van der Waals surface area contributed by atoms with Crippen molar-refractivity contribution in [3.05, 3.63) is 108 Å². The molecule has 1 fully saturated rings.